The first-order valence-corrected chi connectivity index (χ1v) is 8.33. The number of methoxy groups -OCH3 is 1. The summed E-state index contributed by atoms with van der Waals surface area (Å²) < 4.78 is 6.92. The van der Waals surface area contributed by atoms with Crippen LogP contribution < -0.4 is 9.64 Å². The minimum Gasteiger partial charge on any atom is -0.495 e. The smallest absolute Gasteiger partial charge is 0.381 e. The predicted molar refractivity (Wildman–Crippen MR) is 95.4 cm³/mol. The number of nitro groups is 1. The molecule has 9 heteroatoms. The maximum atomic E-state index is 12.5. The van der Waals surface area contributed by atoms with Gasteiger partial charge in [0.25, 0.3) is 0 Å². The lowest BCUT2D eigenvalue weighted by atomic mass is 10.2. The van der Waals surface area contributed by atoms with Crippen LogP contribution in [0.2, 0.25) is 0 Å². The van der Waals surface area contributed by atoms with Crippen molar-refractivity contribution in [3.63, 3.8) is 0 Å². The first-order chi connectivity index (χ1) is 12.5. The minimum absolute atomic E-state index is 0.0569. The molecule has 0 atom stereocenters. The highest BCUT2D eigenvalue weighted by Crippen LogP contribution is 2.28. The van der Waals surface area contributed by atoms with Gasteiger partial charge in [0.1, 0.15) is 18.5 Å². The van der Waals surface area contributed by atoms with Crippen molar-refractivity contribution in [2.24, 2.45) is 0 Å². The molecule has 0 saturated carbocycles. The van der Waals surface area contributed by atoms with E-state index in [9.17, 15) is 14.9 Å². The lowest BCUT2D eigenvalue weighted by Crippen LogP contribution is -2.49. The van der Waals surface area contributed by atoms with E-state index in [2.05, 4.69) is 9.88 Å². The summed E-state index contributed by atoms with van der Waals surface area (Å²) in [5, 5.41) is 10.8. The Labute approximate surface area is 150 Å². The third-order valence-corrected chi connectivity index (χ3v) is 4.51. The van der Waals surface area contributed by atoms with E-state index in [1.807, 2.05) is 24.3 Å². The van der Waals surface area contributed by atoms with E-state index in [4.69, 9.17) is 4.74 Å². The van der Waals surface area contributed by atoms with Crippen LogP contribution in [0, 0.1) is 17.0 Å². The quantitative estimate of drug-likeness (QED) is 0.593. The molecule has 26 heavy (non-hydrogen) atoms. The van der Waals surface area contributed by atoms with Gasteiger partial charge in [0.05, 0.1) is 12.8 Å². The van der Waals surface area contributed by atoms with Gasteiger partial charge in [-0.25, -0.2) is 0 Å². The van der Waals surface area contributed by atoms with Crippen LogP contribution in [0.5, 0.6) is 5.75 Å². The highest BCUT2D eigenvalue weighted by atomic mass is 16.6. The molecular formula is C17H21N5O4. The van der Waals surface area contributed by atoms with E-state index < -0.39 is 4.92 Å². The number of hydrogen-bond donors (Lipinski definition) is 0. The summed E-state index contributed by atoms with van der Waals surface area (Å²) in [7, 11) is 1.64. The van der Waals surface area contributed by atoms with Gasteiger partial charge in [-0.3, -0.25) is 9.36 Å². The number of benzene rings is 1. The number of carbonyl (C=O) groups excluding carboxylic acids is 1. The van der Waals surface area contributed by atoms with Crippen molar-refractivity contribution < 1.29 is 14.5 Å². The number of imidazole rings is 1. The first kappa shape index (κ1) is 17.7. The fourth-order valence-electron chi connectivity index (χ4n) is 3.07. The topological polar surface area (TPSA) is 93.7 Å². The summed E-state index contributed by atoms with van der Waals surface area (Å²) in [6.45, 7) is 4.30. The Bertz CT molecular complexity index is 811. The van der Waals surface area contributed by atoms with Crippen molar-refractivity contribution in [1.29, 1.82) is 0 Å². The normalized spacial score (nSPS) is 14.4. The number of piperazine rings is 1. The zero-order valence-corrected chi connectivity index (χ0v) is 14.8. The second kappa shape index (κ2) is 7.42. The number of hydrogen-bond acceptors (Lipinski definition) is 6. The number of rotatable bonds is 5. The van der Waals surface area contributed by atoms with E-state index in [0.29, 0.717) is 32.0 Å². The number of carbonyl (C=O) groups is 1. The molecular weight excluding hydrogens is 338 g/mol. The molecule has 1 fully saturated rings. The molecule has 9 nitrogen and oxygen atoms in total. The van der Waals surface area contributed by atoms with Crippen molar-refractivity contribution >= 4 is 17.4 Å². The van der Waals surface area contributed by atoms with Gasteiger partial charge in [-0.1, -0.05) is 12.1 Å². The molecule has 1 aliphatic heterocycles. The minimum atomic E-state index is -0.556. The number of nitrogens with zero attached hydrogens (tertiary/aromatic N) is 5. The maximum Gasteiger partial charge on any atom is 0.381 e. The van der Waals surface area contributed by atoms with Gasteiger partial charge in [0.2, 0.25) is 11.7 Å². The van der Waals surface area contributed by atoms with E-state index in [1.165, 1.54) is 10.8 Å². The molecule has 3 rings (SSSR count). The van der Waals surface area contributed by atoms with Crippen LogP contribution in [-0.2, 0) is 11.3 Å². The summed E-state index contributed by atoms with van der Waals surface area (Å²) >= 11 is 0. The second-order valence-corrected chi connectivity index (χ2v) is 6.07. The first-order valence-electron chi connectivity index (χ1n) is 8.33. The lowest BCUT2D eigenvalue weighted by molar-refractivity contribution is -0.389. The number of amides is 1. The predicted octanol–water partition coefficient (Wildman–Crippen LogP) is 1.46. The Morgan fingerprint density at radius 3 is 2.58 bits per heavy atom. The zero-order chi connectivity index (χ0) is 18.7. The molecule has 1 amide bonds. The van der Waals surface area contributed by atoms with Gasteiger partial charge in [0, 0.05) is 33.1 Å². The summed E-state index contributed by atoms with van der Waals surface area (Å²) in [5.41, 5.74) is 1.02. The third kappa shape index (κ3) is 3.61. The fourth-order valence-corrected chi connectivity index (χ4v) is 3.07. The number of para-hydroxylation sites is 2. The highest BCUT2D eigenvalue weighted by Gasteiger charge is 2.24. The maximum absolute atomic E-state index is 12.5. The monoisotopic (exact) mass is 359 g/mol. The van der Waals surface area contributed by atoms with Crippen LogP contribution in [0.25, 0.3) is 0 Å². The lowest BCUT2D eigenvalue weighted by Gasteiger charge is -2.36. The standard InChI is InChI=1S/C17H21N5O4/c1-13-18-16(22(24)25)11-21(13)12-17(23)20-9-7-19(8-10-20)14-5-3-4-6-15(14)26-2/h3-6,11H,7-10,12H2,1-2H3. The average Bonchev–Trinajstić information content (AvgIpc) is 3.02. The summed E-state index contributed by atoms with van der Waals surface area (Å²) in [6, 6.07) is 7.81. The molecule has 2 aromatic rings. The van der Waals surface area contributed by atoms with Gasteiger partial charge in [0.15, 0.2) is 0 Å². The zero-order valence-electron chi connectivity index (χ0n) is 14.8. The Balaban J connectivity index is 1.61. The van der Waals surface area contributed by atoms with Gasteiger partial charge in [-0.05, 0) is 22.0 Å². The van der Waals surface area contributed by atoms with Crippen molar-refractivity contribution in [1.82, 2.24) is 14.5 Å². The molecule has 138 valence electrons. The average molecular weight is 359 g/mol. The summed E-state index contributed by atoms with van der Waals surface area (Å²) in [6.07, 6.45) is 1.30. The molecule has 2 heterocycles. The Morgan fingerprint density at radius 2 is 1.96 bits per heavy atom. The summed E-state index contributed by atoms with van der Waals surface area (Å²) in [4.78, 5) is 30.6. The molecule has 0 N–H and O–H groups in total. The molecule has 0 unspecified atom stereocenters. The van der Waals surface area contributed by atoms with E-state index in [0.717, 1.165) is 11.4 Å². The Morgan fingerprint density at radius 1 is 1.27 bits per heavy atom. The fraction of sp³-hybridized carbons (Fsp3) is 0.412. The van der Waals surface area contributed by atoms with Gasteiger partial charge >= 0.3 is 5.82 Å². The van der Waals surface area contributed by atoms with E-state index in [-0.39, 0.29) is 18.3 Å². The van der Waals surface area contributed by atoms with Crippen LogP contribution in [-0.4, -0.2) is 58.6 Å². The van der Waals surface area contributed by atoms with Gasteiger partial charge in [-0.15, -0.1) is 0 Å². The highest BCUT2D eigenvalue weighted by molar-refractivity contribution is 5.76. The van der Waals surface area contributed by atoms with Crippen molar-refractivity contribution in [3.8, 4) is 5.75 Å². The van der Waals surface area contributed by atoms with Crippen LogP contribution >= 0.6 is 0 Å². The van der Waals surface area contributed by atoms with E-state index in [1.54, 1.807) is 18.9 Å². The molecule has 0 bridgehead atoms. The molecule has 1 aromatic carbocycles. The van der Waals surface area contributed by atoms with Crippen molar-refractivity contribution in [2.45, 2.75) is 13.5 Å². The van der Waals surface area contributed by atoms with Crippen LogP contribution in [0.4, 0.5) is 11.5 Å². The molecule has 0 aliphatic carbocycles. The largest absolute Gasteiger partial charge is 0.495 e. The molecule has 1 aliphatic rings. The van der Waals surface area contributed by atoms with Crippen LogP contribution in [0.3, 0.4) is 0 Å². The second-order valence-electron chi connectivity index (χ2n) is 6.07. The molecule has 1 saturated heterocycles. The number of anilines is 1. The third-order valence-electron chi connectivity index (χ3n) is 4.51. The molecule has 0 spiro atoms. The Kier molecular flexibility index (Phi) is 5.06. The van der Waals surface area contributed by atoms with Crippen molar-refractivity contribution in [3.05, 3.63) is 46.4 Å². The number of aromatic nitrogens is 2. The van der Waals surface area contributed by atoms with Crippen LogP contribution in [0.1, 0.15) is 5.82 Å². The van der Waals surface area contributed by atoms with E-state index >= 15 is 0 Å². The Hall–Kier alpha value is -3.10. The SMILES string of the molecule is COc1ccccc1N1CCN(C(=O)Cn2cc([N+](=O)[O-])nc2C)CC1. The molecule has 1 aromatic heterocycles. The number of aryl methyl sites for hydroxylation is 1. The number of ether oxygens (including phenoxy) is 1. The summed E-state index contributed by atoms with van der Waals surface area (Å²) in [5.74, 6) is 0.961. The van der Waals surface area contributed by atoms with Gasteiger partial charge < -0.3 is 24.7 Å². The van der Waals surface area contributed by atoms with Gasteiger partial charge in [-0.2, -0.15) is 0 Å². The van der Waals surface area contributed by atoms with Crippen molar-refractivity contribution in [2.75, 3.05) is 38.2 Å². The molecule has 0 radical (unpaired) electrons. The van der Waals surface area contributed by atoms with Crippen LogP contribution in [0.15, 0.2) is 30.5 Å².